The lowest BCUT2D eigenvalue weighted by molar-refractivity contribution is 0.434. The summed E-state index contributed by atoms with van der Waals surface area (Å²) in [5.41, 5.74) is 5.43. The smallest absolute Gasteiger partial charge is 0.224 e. The first-order valence-corrected chi connectivity index (χ1v) is 5.01. The molecule has 0 amide bonds. The monoisotopic (exact) mass is 202 g/mol. The summed E-state index contributed by atoms with van der Waals surface area (Å²) in [6, 6.07) is 0. The van der Waals surface area contributed by atoms with Crippen molar-refractivity contribution in [1.29, 1.82) is 0 Å². The minimum atomic E-state index is -0.489. The lowest BCUT2D eigenvalue weighted by Gasteiger charge is -2.06. The molecule has 2 N–H and O–H groups in total. The summed E-state index contributed by atoms with van der Waals surface area (Å²) < 4.78 is 12.3. The van der Waals surface area contributed by atoms with Gasteiger partial charge in [-0.25, -0.2) is 4.98 Å². The Morgan fingerprint density at radius 3 is 2.69 bits per heavy atom. The molecule has 0 aliphatic carbocycles. The van der Waals surface area contributed by atoms with Gasteiger partial charge in [0, 0.05) is 5.92 Å². The van der Waals surface area contributed by atoms with E-state index in [4.69, 9.17) is 5.73 Å². The fourth-order valence-corrected chi connectivity index (χ4v) is 1.14. The molecule has 0 bridgehead atoms. The number of aromatic nitrogens is 3. The maximum atomic E-state index is 12.3. The number of nitrogens with zero attached hydrogens (tertiary/aromatic N) is 3. The summed E-state index contributed by atoms with van der Waals surface area (Å²) in [4.78, 5) is 11.8. The lowest BCUT2D eigenvalue weighted by Crippen LogP contribution is -2.08. The number of hydrogen-bond acceptors (Lipinski definition) is 5. The molecule has 0 radical (unpaired) electrons. The first-order chi connectivity index (χ1) is 6.17. The second-order valence-corrected chi connectivity index (χ2v) is 3.37. The molecule has 0 fully saturated rings. The zero-order valence-electron chi connectivity index (χ0n) is 7.49. The van der Waals surface area contributed by atoms with E-state index < -0.39 is 6.67 Å². The molecule has 1 unspecified atom stereocenters. The summed E-state index contributed by atoms with van der Waals surface area (Å²) in [6.07, 6.45) is 1.83. The van der Waals surface area contributed by atoms with Crippen molar-refractivity contribution < 1.29 is 4.39 Å². The molecule has 6 heteroatoms. The lowest BCUT2D eigenvalue weighted by atomic mass is 10.2. The minimum absolute atomic E-state index is 0.148. The summed E-state index contributed by atoms with van der Waals surface area (Å²) >= 11 is 1.36. The maximum absolute atomic E-state index is 12.3. The molecule has 0 aromatic carbocycles. The second-order valence-electron chi connectivity index (χ2n) is 2.59. The van der Waals surface area contributed by atoms with Crippen molar-refractivity contribution in [2.45, 2.75) is 18.0 Å². The van der Waals surface area contributed by atoms with E-state index in [1.165, 1.54) is 11.8 Å². The first kappa shape index (κ1) is 10.2. The average Bonchev–Trinajstić information content (AvgIpc) is 2.15. The van der Waals surface area contributed by atoms with E-state index >= 15 is 0 Å². The third-order valence-corrected chi connectivity index (χ3v) is 2.05. The zero-order chi connectivity index (χ0) is 9.84. The highest BCUT2D eigenvalue weighted by atomic mass is 32.2. The van der Waals surface area contributed by atoms with Gasteiger partial charge in [0.25, 0.3) is 0 Å². The van der Waals surface area contributed by atoms with Crippen LogP contribution in [-0.4, -0.2) is 27.9 Å². The Morgan fingerprint density at radius 2 is 2.15 bits per heavy atom. The van der Waals surface area contributed by atoms with Gasteiger partial charge in [-0.3, -0.25) is 4.39 Å². The normalized spacial score (nSPS) is 12.8. The van der Waals surface area contributed by atoms with Crippen molar-refractivity contribution >= 4 is 17.7 Å². The van der Waals surface area contributed by atoms with Crippen LogP contribution in [0.25, 0.3) is 0 Å². The molecule has 0 aliphatic heterocycles. The van der Waals surface area contributed by atoms with Gasteiger partial charge < -0.3 is 5.73 Å². The summed E-state index contributed by atoms with van der Waals surface area (Å²) in [7, 11) is 0. The number of alkyl halides is 1. The number of rotatable bonds is 3. The number of hydrogen-bond donors (Lipinski definition) is 1. The van der Waals surface area contributed by atoms with E-state index in [0.29, 0.717) is 11.0 Å². The largest absolute Gasteiger partial charge is 0.368 e. The summed E-state index contributed by atoms with van der Waals surface area (Å²) in [6.45, 7) is 1.22. The van der Waals surface area contributed by atoms with Crippen LogP contribution in [0, 0.1) is 0 Å². The van der Waals surface area contributed by atoms with Gasteiger partial charge in [0.05, 0.1) is 6.67 Å². The minimum Gasteiger partial charge on any atom is -0.368 e. The molecule has 0 saturated carbocycles. The average molecular weight is 202 g/mol. The molecular formula is C7H11FN4S. The van der Waals surface area contributed by atoms with Crippen LogP contribution in [0.1, 0.15) is 18.7 Å². The van der Waals surface area contributed by atoms with E-state index in [-0.39, 0.29) is 11.9 Å². The Bertz CT molecular complexity index is 294. The Hall–Kier alpha value is -0.910. The third kappa shape index (κ3) is 2.51. The Kier molecular flexibility index (Phi) is 3.41. The van der Waals surface area contributed by atoms with Crippen molar-refractivity contribution in [2.75, 3.05) is 18.7 Å². The van der Waals surface area contributed by atoms with Gasteiger partial charge in [-0.2, -0.15) is 9.97 Å². The van der Waals surface area contributed by atoms with Crippen LogP contribution in [0.5, 0.6) is 0 Å². The predicted molar refractivity (Wildman–Crippen MR) is 50.4 cm³/mol. The number of nitrogen functional groups attached to an aromatic ring is 1. The fraction of sp³-hybridized carbons (Fsp3) is 0.571. The molecule has 1 aromatic heterocycles. The van der Waals surface area contributed by atoms with Crippen molar-refractivity contribution in [3.05, 3.63) is 5.82 Å². The van der Waals surface area contributed by atoms with Gasteiger partial charge in [-0.1, -0.05) is 18.7 Å². The van der Waals surface area contributed by atoms with E-state index in [9.17, 15) is 4.39 Å². The Morgan fingerprint density at radius 1 is 1.46 bits per heavy atom. The van der Waals surface area contributed by atoms with Gasteiger partial charge >= 0.3 is 0 Å². The van der Waals surface area contributed by atoms with Crippen LogP contribution in [0.4, 0.5) is 10.3 Å². The predicted octanol–water partition coefficient (Wildman–Crippen LogP) is 1.25. The highest BCUT2D eigenvalue weighted by Crippen LogP contribution is 2.15. The standard InChI is InChI=1S/C7H11FN4S/c1-4(3-8)5-10-6(9)12-7(11-5)13-2/h4H,3H2,1-2H3,(H2,9,10,11,12). The molecule has 0 saturated heterocycles. The number of anilines is 1. The van der Waals surface area contributed by atoms with Crippen LogP contribution in [0.15, 0.2) is 5.16 Å². The quantitative estimate of drug-likeness (QED) is 0.747. The van der Waals surface area contributed by atoms with E-state index in [0.717, 1.165) is 0 Å². The van der Waals surface area contributed by atoms with Gasteiger partial charge in [-0.05, 0) is 6.26 Å². The van der Waals surface area contributed by atoms with Gasteiger partial charge in [0.15, 0.2) is 5.16 Å². The van der Waals surface area contributed by atoms with Crippen LogP contribution in [0.3, 0.4) is 0 Å². The molecule has 0 aliphatic rings. The highest BCUT2D eigenvalue weighted by Gasteiger charge is 2.10. The van der Waals surface area contributed by atoms with E-state index in [1.54, 1.807) is 6.92 Å². The SMILES string of the molecule is CSc1nc(N)nc(C(C)CF)n1. The van der Waals surface area contributed by atoms with Crippen molar-refractivity contribution in [3.8, 4) is 0 Å². The molecule has 1 heterocycles. The molecule has 13 heavy (non-hydrogen) atoms. The molecule has 1 aromatic rings. The fourth-order valence-electron chi connectivity index (χ4n) is 0.769. The summed E-state index contributed by atoms with van der Waals surface area (Å²) in [5, 5.41) is 0.530. The second kappa shape index (κ2) is 4.36. The van der Waals surface area contributed by atoms with Crippen molar-refractivity contribution in [3.63, 3.8) is 0 Å². The van der Waals surface area contributed by atoms with E-state index in [1.807, 2.05) is 6.26 Å². The van der Waals surface area contributed by atoms with Gasteiger partial charge in [0.2, 0.25) is 5.95 Å². The van der Waals surface area contributed by atoms with E-state index in [2.05, 4.69) is 15.0 Å². The number of thioether (sulfide) groups is 1. The Labute approximate surface area is 80.2 Å². The van der Waals surface area contributed by atoms with Crippen LogP contribution in [0.2, 0.25) is 0 Å². The van der Waals surface area contributed by atoms with Crippen molar-refractivity contribution in [2.24, 2.45) is 0 Å². The Balaban J connectivity index is 3.01. The van der Waals surface area contributed by atoms with Gasteiger partial charge in [0.1, 0.15) is 5.82 Å². The molecule has 1 atom stereocenters. The molecule has 0 spiro atoms. The number of nitrogens with two attached hydrogens (primary N) is 1. The third-order valence-electron chi connectivity index (χ3n) is 1.50. The topological polar surface area (TPSA) is 64.7 Å². The van der Waals surface area contributed by atoms with Crippen molar-refractivity contribution in [1.82, 2.24) is 15.0 Å². The molecule has 72 valence electrons. The van der Waals surface area contributed by atoms with Crippen LogP contribution >= 0.6 is 11.8 Å². The maximum Gasteiger partial charge on any atom is 0.224 e. The first-order valence-electron chi connectivity index (χ1n) is 3.78. The molecule has 4 nitrogen and oxygen atoms in total. The zero-order valence-corrected chi connectivity index (χ0v) is 8.31. The van der Waals surface area contributed by atoms with Crippen LogP contribution in [-0.2, 0) is 0 Å². The number of halogens is 1. The summed E-state index contributed by atoms with van der Waals surface area (Å²) in [5.74, 6) is 0.241. The molecule has 1 rings (SSSR count). The van der Waals surface area contributed by atoms with Gasteiger partial charge in [-0.15, -0.1) is 0 Å². The highest BCUT2D eigenvalue weighted by molar-refractivity contribution is 7.98. The molecular weight excluding hydrogens is 191 g/mol. The van der Waals surface area contributed by atoms with Crippen LogP contribution < -0.4 is 5.73 Å².